The first-order valence-electron chi connectivity index (χ1n) is 8.68. The Morgan fingerprint density at radius 3 is 2.10 bits per heavy atom. The first kappa shape index (κ1) is 22.0. The molecule has 0 bridgehead atoms. The lowest BCUT2D eigenvalue weighted by molar-refractivity contribution is -0.137. The maximum Gasteiger partial charge on any atom is 0.416 e. The number of rotatable bonds is 2. The molecule has 0 aliphatic heterocycles. The van der Waals surface area contributed by atoms with Gasteiger partial charge in [0.1, 0.15) is 25.4 Å². The van der Waals surface area contributed by atoms with Crippen LogP contribution in [0.1, 0.15) is 16.8 Å². The van der Waals surface area contributed by atoms with Crippen LogP contribution in [0.5, 0.6) is 0 Å². The third-order valence-electron chi connectivity index (χ3n) is 3.93. The lowest BCUT2D eigenvalue weighted by Crippen LogP contribution is -2.16. The Morgan fingerprint density at radius 2 is 1.63 bits per heavy atom. The summed E-state index contributed by atoms with van der Waals surface area (Å²) in [7, 11) is -1.80. The molecule has 0 fully saturated rings. The van der Waals surface area contributed by atoms with Crippen molar-refractivity contribution in [1.29, 1.82) is 5.26 Å². The second kappa shape index (κ2) is 7.88. The molecule has 1 aromatic carbocycles. The van der Waals surface area contributed by atoms with Crippen molar-refractivity contribution in [2.24, 2.45) is 0 Å². The van der Waals surface area contributed by atoms with Gasteiger partial charge in [0, 0.05) is 12.4 Å². The first-order valence-corrected chi connectivity index (χ1v) is 12.9. The molecule has 0 saturated carbocycles. The molecule has 10 heteroatoms. The van der Waals surface area contributed by atoms with Gasteiger partial charge in [-0.3, -0.25) is 0 Å². The van der Waals surface area contributed by atoms with E-state index in [4.69, 9.17) is 23.2 Å². The van der Waals surface area contributed by atoms with Crippen LogP contribution in [0.25, 0.3) is 11.5 Å². The van der Waals surface area contributed by atoms with Crippen molar-refractivity contribution in [3.63, 3.8) is 0 Å². The van der Waals surface area contributed by atoms with Crippen molar-refractivity contribution < 1.29 is 13.2 Å². The van der Waals surface area contributed by atoms with Crippen LogP contribution in [0.2, 0.25) is 29.7 Å². The summed E-state index contributed by atoms with van der Waals surface area (Å²) < 4.78 is 42.3. The molecule has 2 aromatic heterocycles. The maximum atomic E-state index is 13.1. The summed E-state index contributed by atoms with van der Waals surface area (Å²) in [5.74, 6) is 3.41. The summed E-state index contributed by atoms with van der Waals surface area (Å²) in [5.41, 5.74) is 2.63. The van der Waals surface area contributed by atoms with Crippen LogP contribution in [0.3, 0.4) is 0 Å². The topological polar surface area (TPSA) is 46.5 Å². The van der Waals surface area contributed by atoms with E-state index in [1.165, 1.54) is 4.68 Å². The van der Waals surface area contributed by atoms with Crippen molar-refractivity contribution >= 4 is 31.3 Å². The fourth-order valence-electron chi connectivity index (χ4n) is 2.65. The maximum absolute atomic E-state index is 13.1. The number of benzene rings is 1. The third kappa shape index (κ3) is 4.41. The van der Waals surface area contributed by atoms with Crippen LogP contribution in [-0.4, -0.2) is 22.4 Å². The van der Waals surface area contributed by atoms with Crippen molar-refractivity contribution in [2.45, 2.75) is 25.8 Å². The van der Waals surface area contributed by atoms with E-state index in [2.05, 4.69) is 36.2 Å². The van der Waals surface area contributed by atoms with E-state index in [-0.39, 0.29) is 21.4 Å². The standard InChI is InChI=1S/C20H15Cl2F3N4Si/c1-30(2,3)9-6-14-17(12-26)27-29(19(14)28-7-4-5-8-28)18-15(21)10-13(11-16(18)22)20(23,24)25/h4-5,7-8,10-11H,1-3H3. The monoisotopic (exact) mass is 466 g/mol. The summed E-state index contributed by atoms with van der Waals surface area (Å²) in [6.45, 7) is 6.15. The van der Waals surface area contributed by atoms with Gasteiger partial charge in [-0.25, -0.2) is 4.68 Å². The predicted octanol–water partition coefficient (Wildman–Crippen LogP) is 6.09. The zero-order valence-electron chi connectivity index (χ0n) is 16.1. The Bertz CT molecular complexity index is 1180. The van der Waals surface area contributed by atoms with Gasteiger partial charge in [-0.2, -0.15) is 23.5 Å². The Morgan fingerprint density at radius 1 is 1.07 bits per heavy atom. The van der Waals surface area contributed by atoms with Crippen LogP contribution in [0.15, 0.2) is 36.7 Å². The normalized spacial score (nSPS) is 11.7. The Hall–Kier alpha value is -2.65. The second-order valence-electron chi connectivity index (χ2n) is 7.45. The minimum Gasteiger partial charge on any atom is -0.307 e. The zero-order chi connectivity index (χ0) is 22.3. The summed E-state index contributed by atoms with van der Waals surface area (Å²) in [6.07, 6.45) is -1.19. The molecule has 0 spiro atoms. The number of nitrogens with zero attached hydrogens (tertiary/aromatic N) is 4. The van der Waals surface area contributed by atoms with E-state index in [1.54, 1.807) is 29.1 Å². The van der Waals surface area contributed by atoms with Crippen LogP contribution in [0.4, 0.5) is 13.2 Å². The molecular weight excluding hydrogens is 452 g/mol. The largest absolute Gasteiger partial charge is 0.416 e. The van der Waals surface area contributed by atoms with Gasteiger partial charge >= 0.3 is 6.18 Å². The number of hydrogen-bond donors (Lipinski definition) is 0. The molecule has 154 valence electrons. The molecular formula is C20H15Cl2F3N4Si. The summed E-state index contributed by atoms with van der Waals surface area (Å²) in [4.78, 5) is 0. The third-order valence-corrected chi connectivity index (χ3v) is 5.39. The summed E-state index contributed by atoms with van der Waals surface area (Å²) in [5, 5.41) is 13.4. The van der Waals surface area contributed by atoms with E-state index in [9.17, 15) is 18.4 Å². The number of hydrogen-bond acceptors (Lipinski definition) is 2. The van der Waals surface area contributed by atoms with Crippen molar-refractivity contribution in [3.05, 3.63) is 63.5 Å². The second-order valence-corrected chi connectivity index (χ2v) is 13.0. The van der Waals surface area contributed by atoms with Gasteiger partial charge in [-0.15, -0.1) is 5.54 Å². The zero-order valence-corrected chi connectivity index (χ0v) is 18.7. The smallest absolute Gasteiger partial charge is 0.307 e. The molecule has 30 heavy (non-hydrogen) atoms. The van der Waals surface area contributed by atoms with Gasteiger partial charge in [0.15, 0.2) is 11.5 Å². The lowest BCUT2D eigenvalue weighted by Gasteiger charge is -2.15. The molecule has 0 aliphatic rings. The van der Waals surface area contributed by atoms with Crippen LogP contribution in [-0.2, 0) is 6.18 Å². The van der Waals surface area contributed by atoms with E-state index in [0.717, 1.165) is 12.1 Å². The molecule has 0 aliphatic carbocycles. The fraction of sp³-hybridized carbons (Fsp3) is 0.200. The number of aromatic nitrogens is 3. The van der Waals surface area contributed by atoms with E-state index >= 15 is 0 Å². The summed E-state index contributed by atoms with van der Waals surface area (Å²) in [6, 6.07) is 7.08. The average molecular weight is 467 g/mol. The Kier molecular flexibility index (Phi) is 5.79. The van der Waals surface area contributed by atoms with Crippen LogP contribution in [0, 0.1) is 22.8 Å². The van der Waals surface area contributed by atoms with Gasteiger partial charge in [-0.1, -0.05) is 48.8 Å². The molecule has 0 saturated heterocycles. The van der Waals surface area contributed by atoms with Gasteiger partial charge in [0.25, 0.3) is 0 Å². The molecule has 0 radical (unpaired) electrons. The molecule has 0 amide bonds. The van der Waals surface area contributed by atoms with E-state index < -0.39 is 19.8 Å². The highest BCUT2D eigenvalue weighted by molar-refractivity contribution is 6.83. The lowest BCUT2D eigenvalue weighted by atomic mass is 10.2. The molecule has 0 N–H and O–H groups in total. The molecule has 0 atom stereocenters. The van der Waals surface area contributed by atoms with Crippen molar-refractivity contribution in [3.8, 4) is 29.0 Å². The van der Waals surface area contributed by atoms with Gasteiger partial charge in [-0.05, 0) is 24.3 Å². The van der Waals surface area contributed by atoms with Gasteiger partial charge in [0.2, 0.25) is 0 Å². The first-order chi connectivity index (χ1) is 13.9. The minimum atomic E-state index is -4.61. The highest BCUT2D eigenvalue weighted by atomic mass is 35.5. The number of alkyl halides is 3. The van der Waals surface area contributed by atoms with Crippen LogP contribution < -0.4 is 0 Å². The van der Waals surface area contributed by atoms with Crippen molar-refractivity contribution in [1.82, 2.24) is 14.3 Å². The molecule has 3 aromatic rings. The molecule has 0 unspecified atom stereocenters. The highest BCUT2D eigenvalue weighted by Gasteiger charge is 2.33. The highest BCUT2D eigenvalue weighted by Crippen LogP contribution is 2.38. The Labute approximate surface area is 182 Å². The fourth-order valence-corrected chi connectivity index (χ4v) is 3.80. The molecule has 4 nitrogen and oxygen atoms in total. The number of halogens is 5. The predicted molar refractivity (Wildman–Crippen MR) is 113 cm³/mol. The Balaban J connectivity index is 2.36. The van der Waals surface area contributed by atoms with Crippen LogP contribution >= 0.6 is 23.2 Å². The number of nitriles is 1. The van der Waals surface area contributed by atoms with Crippen molar-refractivity contribution in [2.75, 3.05) is 0 Å². The minimum absolute atomic E-state index is 0.0245. The van der Waals surface area contributed by atoms with E-state index in [0.29, 0.717) is 11.4 Å². The molecule has 2 heterocycles. The molecule has 3 rings (SSSR count). The van der Waals surface area contributed by atoms with Gasteiger partial charge in [0.05, 0.1) is 15.6 Å². The average Bonchev–Trinajstić information content (AvgIpc) is 3.25. The van der Waals surface area contributed by atoms with E-state index in [1.807, 2.05) is 6.07 Å². The summed E-state index contributed by atoms with van der Waals surface area (Å²) >= 11 is 12.4. The van der Waals surface area contributed by atoms with Gasteiger partial charge < -0.3 is 4.57 Å². The quantitative estimate of drug-likeness (QED) is 0.338. The SMILES string of the molecule is C[Si](C)(C)C#Cc1c(C#N)nn(-c2c(Cl)cc(C(F)(F)F)cc2Cl)c1-n1cccc1.